The summed E-state index contributed by atoms with van der Waals surface area (Å²) in [5.74, 6) is 0. The quantitative estimate of drug-likeness (QED) is 0.447. The molecule has 2 aliphatic rings. The van der Waals surface area contributed by atoms with Gasteiger partial charge >= 0.3 is 0 Å². The molecule has 0 bridgehead atoms. The lowest BCUT2D eigenvalue weighted by atomic mass is 9.67. The molecule has 36 heavy (non-hydrogen) atoms. The van der Waals surface area contributed by atoms with Crippen LogP contribution in [0, 0.1) is 6.92 Å². The molecule has 0 spiro atoms. The van der Waals surface area contributed by atoms with Crippen LogP contribution >= 0.6 is 0 Å². The number of rotatable bonds is 7. The first-order valence-electron chi connectivity index (χ1n) is 12.7. The van der Waals surface area contributed by atoms with E-state index in [2.05, 4.69) is 52.6 Å². The maximum Gasteiger partial charge on any atom is 0.264 e. The summed E-state index contributed by atoms with van der Waals surface area (Å²) in [6, 6.07) is 14.6. The Morgan fingerprint density at radius 2 is 1.81 bits per heavy atom. The molecule has 7 heteroatoms. The number of para-hydroxylation sites is 1. The Labute approximate surface area is 218 Å². The van der Waals surface area contributed by atoms with Crippen LogP contribution in [0.5, 0.6) is 0 Å². The molecule has 0 amide bonds. The summed E-state index contributed by atoms with van der Waals surface area (Å²) in [5, 5.41) is 0.0252. The van der Waals surface area contributed by atoms with Crippen molar-refractivity contribution in [2.24, 2.45) is 5.73 Å². The molecule has 1 aliphatic carbocycles. The van der Waals surface area contributed by atoms with Gasteiger partial charge in [0.2, 0.25) is 0 Å². The molecule has 4 rings (SSSR count). The molecule has 1 aliphatic heterocycles. The highest BCUT2D eigenvalue weighted by Gasteiger charge is 2.56. The van der Waals surface area contributed by atoms with E-state index in [-0.39, 0.29) is 17.2 Å². The van der Waals surface area contributed by atoms with Gasteiger partial charge in [0.05, 0.1) is 22.7 Å². The normalized spacial score (nSPS) is 24.2. The molecule has 3 atom stereocenters. The zero-order valence-corrected chi connectivity index (χ0v) is 24.2. The second kappa shape index (κ2) is 9.28. The maximum atomic E-state index is 14.2. The van der Waals surface area contributed by atoms with Crippen LogP contribution in [0.4, 0.5) is 5.69 Å². The number of benzene rings is 2. The lowest BCUT2D eigenvalue weighted by Crippen LogP contribution is -2.54. The highest BCUT2D eigenvalue weighted by Crippen LogP contribution is 2.55. The Kier molecular flexibility index (Phi) is 6.92. The van der Waals surface area contributed by atoms with E-state index in [1.54, 1.807) is 16.4 Å². The van der Waals surface area contributed by atoms with Crippen LogP contribution in [0.25, 0.3) is 0 Å². The van der Waals surface area contributed by atoms with Crippen LogP contribution in [0.3, 0.4) is 0 Å². The molecule has 0 fully saturated rings. The molecule has 5 nitrogen and oxygen atoms in total. The molecule has 2 aromatic carbocycles. The van der Waals surface area contributed by atoms with Gasteiger partial charge in [-0.1, -0.05) is 75.4 Å². The molecule has 0 saturated heterocycles. The summed E-state index contributed by atoms with van der Waals surface area (Å²) in [7, 11) is -5.96. The van der Waals surface area contributed by atoms with Crippen LogP contribution in [-0.2, 0) is 19.9 Å². The van der Waals surface area contributed by atoms with Crippen LogP contribution in [0.2, 0.25) is 18.1 Å². The lowest BCUT2D eigenvalue weighted by Gasteiger charge is -2.46. The van der Waals surface area contributed by atoms with Crippen LogP contribution in [0.1, 0.15) is 44.7 Å². The summed E-state index contributed by atoms with van der Waals surface area (Å²) < 4.78 is 37.0. The van der Waals surface area contributed by atoms with Gasteiger partial charge < -0.3 is 10.2 Å². The number of sulfonamides is 1. The van der Waals surface area contributed by atoms with Gasteiger partial charge in [0.15, 0.2) is 8.32 Å². The van der Waals surface area contributed by atoms with E-state index < -0.39 is 23.8 Å². The molecule has 194 valence electrons. The van der Waals surface area contributed by atoms with E-state index >= 15 is 0 Å². The number of hydrogen-bond donors (Lipinski definition) is 1. The van der Waals surface area contributed by atoms with Gasteiger partial charge in [-0.05, 0) is 73.8 Å². The van der Waals surface area contributed by atoms with E-state index in [1.165, 1.54) is 0 Å². The van der Waals surface area contributed by atoms with Crippen molar-refractivity contribution in [3.8, 4) is 0 Å². The van der Waals surface area contributed by atoms with Crippen molar-refractivity contribution in [3.05, 3.63) is 84.0 Å². The summed E-state index contributed by atoms with van der Waals surface area (Å²) in [4.78, 5) is 0.298. The van der Waals surface area contributed by atoms with Gasteiger partial charge in [0, 0.05) is 5.41 Å². The monoisotopic (exact) mass is 524 g/mol. The fourth-order valence-electron chi connectivity index (χ4n) is 5.40. The highest BCUT2D eigenvalue weighted by atomic mass is 32.2. The van der Waals surface area contributed by atoms with Gasteiger partial charge in [-0.2, -0.15) is 0 Å². The molecule has 0 radical (unpaired) electrons. The Balaban J connectivity index is 1.91. The Morgan fingerprint density at radius 1 is 1.17 bits per heavy atom. The standard InChI is InChI=1S/C29H40N2O3SSi/c1-8-22-20-29(17-18-30)24-11-9-10-12-25(24)31(35(32,33)23-15-13-21(2)14-16-23)27(29)19-26(22)34-36(6,7)28(3,4)5/h8-16,20,26-27H,1,17-19,30H2,2-7H3/t26-,27-,29-/m0/s1. The minimum Gasteiger partial charge on any atom is -0.410 e. The fraction of sp³-hybridized carbons (Fsp3) is 0.448. The Hall–Kier alpha value is -2.19. The van der Waals surface area contributed by atoms with Crippen LogP contribution in [-0.4, -0.2) is 35.4 Å². The third-order valence-corrected chi connectivity index (χ3v) is 14.7. The molecule has 1 heterocycles. The van der Waals surface area contributed by atoms with Gasteiger partial charge in [0.1, 0.15) is 0 Å². The first-order valence-corrected chi connectivity index (χ1v) is 17.1. The Morgan fingerprint density at radius 3 is 2.39 bits per heavy atom. The SMILES string of the molecule is C=CC1=C[C@@]2(CCN)c3ccccc3N(S(=O)(=O)c3ccc(C)cc3)[C@H]2C[C@@H]1O[Si](C)(C)C(C)(C)C. The second-order valence-electron chi connectivity index (χ2n) is 11.7. The number of nitrogens with two attached hydrogens (primary N) is 1. The third kappa shape index (κ3) is 4.30. The topological polar surface area (TPSA) is 72.6 Å². The van der Waals surface area contributed by atoms with Crippen molar-refractivity contribution in [2.75, 3.05) is 10.8 Å². The summed E-state index contributed by atoms with van der Waals surface area (Å²) in [6.45, 7) is 17.6. The van der Waals surface area contributed by atoms with Crippen molar-refractivity contribution < 1.29 is 12.8 Å². The zero-order chi connectivity index (χ0) is 26.5. The first-order chi connectivity index (χ1) is 16.8. The minimum absolute atomic E-state index is 0.0252. The average molecular weight is 525 g/mol. The molecular weight excluding hydrogens is 484 g/mol. The van der Waals surface area contributed by atoms with E-state index in [0.717, 1.165) is 22.4 Å². The van der Waals surface area contributed by atoms with Gasteiger partial charge in [0.25, 0.3) is 10.0 Å². The summed E-state index contributed by atoms with van der Waals surface area (Å²) in [6.07, 6.45) is 5.04. The van der Waals surface area contributed by atoms with Gasteiger partial charge in [-0.15, -0.1) is 0 Å². The van der Waals surface area contributed by atoms with Crippen molar-refractivity contribution >= 4 is 24.0 Å². The molecule has 0 unspecified atom stereocenters. The van der Waals surface area contributed by atoms with Crippen molar-refractivity contribution in [2.45, 2.75) is 81.1 Å². The number of nitrogens with zero attached hydrogens (tertiary/aromatic N) is 1. The third-order valence-electron chi connectivity index (χ3n) is 8.37. The predicted molar refractivity (Wildman–Crippen MR) is 151 cm³/mol. The first kappa shape index (κ1) is 26.9. The van der Waals surface area contributed by atoms with Crippen molar-refractivity contribution in [3.63, 3.8) is 0 Å². The zero-order valence-electron chi connectivity index (χ0n) is 22.4. The molecule has 0 saturated carbocycles. The van der Waals surface area contributed by atoms with Gasteiger partial charge in [-0.3, -0.25) is 4.31 Å². The van der Waals surface area contributed by atoms with E-state index in [9.17, 15) is 8.42 Å². The van der Waals surface area contributed by atoms with E-state index in [4.69, 9.17) is 10.2 Å². The van der Waals surface area contributed by atoms with E-state index in [1.807, 2.05) is 43.3 Å². The molecule has 0 aromatic heterocycles. The maximum absolute atomic E-state index is 14.2. The van der Waals surface area contributed by atoms with Crippen molar-refractivity contribution in [1.29, 1.82) is 0 Å². The Bertz CT molecular complexity index is 1280. The largest absolute Gasteiger partial charge is 0.410 e. The van der Waals surface area contributed by atoms with E-state index in [0.29, 0.717) is 24.3 Å². The van der Waals surface area contributed by atoms with Crippen LogP contribution in [0.15, 0.2) is 77.7 Å². The fourth-order valence-corrected chi connectivity index (χ4v) is 8.43. The molecule has 2 aromatic rings. The number of hydrogen-bond acceptors (Lipinski definition) is 4. The highest BCUT2D eigenvalue weighted by molar-refractivity contribution is 7.92. The summed E-state index contributed by atoms with van der Waals surface area (Å²) in [5.41, 5.74) is 9.41. The minimum atomic E-state index is -3.82. The smallest absolute Gasteiger partial charge is 0.264 e. The summed E-state index contributed by atoms with van der Waals surface area (Å²) >= 11 is 0. The number of aryl methyl sites for hydroxylation is 1. The van der Waals surface area contributed by atoms with Crippen LogP contribution < -0.4 is 10.0 Å². The molecular formula is C29H40N2O3SSi. The predicted octanol–water partition coefficient (Wildman–Crippen LogP) is 6.07. The molecule has 2 N–H and O–H groups in total. The second-order valence-corrected chi connectivity index (χ2v) is 18.2. The average Bonchev–Trinajstić information content (AvgIpc) is 3.08. The lowest BCUT2D eigenvalue weighted by molar-refractivity contribution is 0.173. The number of fused-ring (bicyclic) bond motifs is 3. The number of anilines is 1. The van der Waals surface area contributed by atoms with Crippen molar-refractivity contribution in [1.82, 2.24) is 0 Å². The van der Waals surface area contributed by atoms with Gasteiger partial charge in [-0.25, -0.2) is 8.42 Å².